The van der Waals surface area contributed by atoms with Crippen LogP contribution < -0.4 is 0 Å². The highest BCUT2D eigenvalue weighted by Crippen LogP contribution is 2.13. The van der Waals surface area contributed by atoms with Gasteiger partial charge >= 0.3 is 0 Å². The number of pyridine rings is 1. The van der Waals surface area contributed by atoms with Crippen LogP contribution in [0.2, 0.25) is 0 Å². The molecule has 2 aromatic rings. The van der Waals surface area contributed by atoms with E-state index in [0.717, 1.165) is 42.1 Å². The maximum Gasteiger partial charge on any atom is 0.159 e. The van der Waals surface area contributed by atoms with Gasteiger partial charge in [-0.1, -0.05) is 0 Å². The van der Waals surface area contributed by atoms with Gasteiger partial charge in [-0.25, -0.2) is 9.97 Å². The molecule has 0 saturated heterocycles. The smallest absolute Gasteiger partial charge is 0.159 e. The normalized spacial score (nSPS) is 11.1. The van der Waals surface area contributed by atoms with Gasteiger partial charge in [0.1, 0.15) is 11.3 Å². The molecule has 0 aliphatic rings. The van der Waals surface area contributed by atoms with Crippen LogP contribution in [0.4, 0.5) is 0 Å². The van der Waals surface area contributed by atoms with Crippen LogP contribution in [0.5, 0.6) is 0 Å². The van der Waals surface area contributed by atoms with Crippen molar-refractivity contribution in [2.24, 2.45) is 7.05 Å². The second-order valence-corrected chi connectivity index (χ2v) is 3.96. The van der Waals surface area contributed by atoms with Gasteiger partial charge < -0.3 is 4.57 Å². The van der Waals surface area contributed by atoms with Gasteiger partial charge in [0.2, 0.25) is 0 Å². The van der Waals surface area contributed by atoms with Gasteiger partial charge in [-0.15, -0.1) is 11.6 Å². The van der Waals surface area contributed by atoms with E-state index >= 15 is 0 Å². The SMILES string of the molecule is Cn1c(CCCCCl)nc2cccnc21. The van der Waals surface area contributed by atoms with Crippen molar-refractivity contribution >= 4 is 22.8 Å². The third-order valence-electron chi connectivity index (χ3n) is 2.50. The van der Waals surface area contributed by atoms with Crippen LogP contribution in [-0.4, -0.2) is 20.4 Å². The number of rotatable bonds is 4. The number of hydrogen-bond acceptors (Lipinski definition) is 2. The van der Waals surface area contributed by atoms with Gasteiger partial charge in [0, 0.05) is 25.5 Å². The second-order valence-electron chi connectivity index (χ2n) is 3.58. The van der Waals surface area contributed by atoms with Gasteiger partial charge in [0.15, 0.2) is 5.65 Å². The minimum absolute atomic E-state index is 0.724. The minimum atomic E-state index is 0.724. The summed E-state index contributed by atoms with van der Waals surface area (Å²) in [5.41, 5.74) is 1.93. The molecule has 2 heterocycles. The summed E-state index contributed by atoms with van der Waals surface area (Å²) in [4.78, 5) is 8.85. The van der Waals surface area contributed by atoms with E-state index in [9.17, 15) is 0 Å². The average Bonchev–Trinajstić information content (AvgIpc) is 2.57. The zero-order valence-corrected chi connectivity index (χ0v) is 9.54. The highest BCUT2D eigenvalue weighted by atomic mass is 35.5. The van der Waals surface area contributed by atoms with Crippen molar-refractivity contribution in [3.05, 3.63) is 24.2 Å². The molecule has 2 aromatic heterocycles. The standard InChI is InChI=1S/C11H14ClN3/c1-15-10(6-2-3-7-12)14-9-5-4-8-13-11(9)15/h4-5,8H,2-3,6-7H2,1H3. The summed E-state index contributed by atoms with van der Waals surface area (Å²) < 4.78 is 2.06. The fourth-order valence-corrected chi connectivity index (χ4v) is 1.86. The first kappa shape index (κ1) is 10.4. The van der Waals surface area contributed by atoms with Crippen LogP contribution in [0.15, 0.2) is 18.3 Å². The van der Waals surface area contributed by atoms with Crippen molar-refractivity contribution in [2.45, 2.75) is 19.3 Å². The first-order valence-electron chi connectivity index (χ1n) is 5.15. The zero-order valence-electron chi connectivity index (χ0n) is 8.78. The van der Waals surface area contributed by atoms with E-state index in [-0.39, 0.29) is 0 Å². The Balaban J connectivity index is 2.24. The number of unbranched alkanes of at least 4 members (excludes halogenated alkanes) is 1. The topological polar surface area (TPSA) is 30.7 Å². The summed E-state index contributed by atoms with van der Waals surface area (Å²) in [6, 6.07) is 3.91. The molecule has 0 fully saturated rings. The predicted molar refractivity (Wildman–Crippen MR) is 62.2 cm³/mol. The summed E-state index contributed by atoms with van der Waals surface area (Å²) in [7, 11) is 2.01. The minimum Gasteiger partial charge on any atom is -0.316 e. The Hall–Kier alpha value is -1.09. The molecular weight excluding hydrogens is 210 g/mol. The van der Waals surface area contributed by atoms with E-state index in [1.807, 2.05) is 19.2 Å². The quantitative estimate of drug-likeness (QED) is 0.589. The van der Waals surface area contributed by atoms with Gasteiger partial charge in [-0.2, -0.15) is 0 Å². The third-order valence-corrected chi connectivity index (χ3v) is 2.77. The highest BCUT2D eigenvalue weighted by Gasteiger charge is 2.06. The van der Waals surface area contributed by atoms with Crippen LogP contribution >= 0.6 is 11.6 Å². The number of fused-ring (bicyclic) bond motifs is 1. The summed E-state index contributed by atoms with van der Waals surface area (Å²) in [5, 5.41) is 0. The maximum atomic E-state index is 5.65. The molecule has 0 unspecified atom stereocenters. The van der Waals surface area contributed by atoms with Crippen LogP contribution in [-0.2, 0) is 13.5 Å². The molecule has 0 atom stereocenters. The monoisotopic (exact) mass is 223 g/mol. The molecule has 80 valence electrons. The van der Waals surface area contributed by atoms with Gasteiger partial charge in [-0.3, -0.25) is 0 Å². The van der Waals surface area contributed by atoms with E-state index < -0.39 is 0 Å². The van der Waals surface area contributed by atoms with Gasteiger partial charge in [0.05, 0.1) is 0 Å². The molecule has 0 saturated carbocycles. The lowest BCUT2D eigenvalue weighted by Gasteiger charge is -2.00. The molecule has 0 bridgehead atoms. The van der Waals surface area contributed by atoms with Gasteiger partial charge in [-0.05, 0) is 25.0 Å². The predicted octanol–water partition coefficient (Wildman–Crippen LogP) is 2.53. The molecule has 3 nitrogen and oxygen atoms in total. The molecule has 0 N–H and O–H groups in total. The van der Waals surface area contributed by atoms with E-state index in [1.54, 1.807) is 6.20 Å². The molecular formula is C11H14ClN3. The largest absolute Gasteiger partial charge is 0.316 e. The van der Waals surface area contributed by atoms with Crippen molar-refractivity contribution in [2.75, 3.05) is 5.88 Å². The molecule has 2 rings (SSSR count). The highest BCUT2D eigenvalue weighted by molar-refractivity contribution is 6.17. The maximum absolute atomic E-state index is 5.65. The molecule has 0 amide bonds. The molecule has 0 radical (unpaired) electrons. The Kier molecular flexibility index (Phi) is 3.21. The van der Waals surface area contributed by atoms with E-state index in [4.69, 9.17) is 11.6 Å². The summed E-state index contributed by atoms with van der Waals surface area (Å²) >= 11 is 5.65. The van der Waals surface area contributed by atoms with Crippen LogP contribution in [0.3, 0.4) is 0 Å². The Labute approximate surface area is 94.1 Å². The second kappa shape index (κ2) is 4.62. The molecule has 0 aliphatic heterocycles. The van der Waals surface area contributed by atoms with Crippen molar-refractivity contribution in [1.29, 1.82) is 0 Å². The van der Waals surface area contributed by atoms with E-state index in [2.05, 4.69) is 14.5 Å². The lowest BCUT2D eigenvalue weighted by Crippen LogP contribution is -1.98. The van der Waals surface area contributed by atoms with E-state index in [0.29, 0.717) is 0 Å². The summed E-state index contributed by atoms with van der Waals surface area (Å²) in [6.45, 7) is 0. The number of alkyl halides is 1. The Bertz CT molecular complexity index is 450. The number of hydrogen-bond donors (Lipinski definition) is 0. The fraction of sp³-hybridized carbons (Fsp3) is 0.455. The first-order chi connectivity index (χ1) is 7.33. The Morgan fingerprint density at radius 3 is 3.00 bits per heavy atom. The first-order valence-corrected chi connectivity index (χ1v) is 5.68. The lowest BCUT2D eigenvalue weighted by molar-refractivity contribution is 0.720. The van der Waals surface area contributed by atoms with Crippen molar-refractivity contribution < 1.29 is 0 Å². The number of halogens is 1. The molecule has 15 heavy (non-hydrogen) atoms. The molecule has 0 aromatic carbocycles. The number of imidazole rings is 1. The van der Waals surface area contributed by atoms with Crippen LogP contribution in [0.1, 0.15) is 18.7 Å². The van der Waals surface area contributed by atoms with Crippen molar-refractivity contribution in [3.8, 4) is 0 Å². The van der Waals surface area contributed by atoms with Gasteiger partial charge in [0.25, 0.3) is 0 Å². The van der Waals surface area contributed by atoms with Crippen molar-refractivity contribution in [3.63, 3.8) is 0 Å². The van der Waals surface area contributed by atoms with Crippen LogP contribution in [0.25, 0.3) is 11.2 Å². The van der Waals surface area contributed by atoms with E-state index in [1.165, 1.54) is 0 Å². The average molecular weight is 224 g/mol. The lowest BCUT2D eigenvalue weighted by atomic mass is 10.2. The molecule has 4 heteroatoms. The third kappa shape index (κ3) is 2.12. The molecule has 0 aliphatic carbocycles. The number of aryl methyl sites for hydroxylation is 2. The summed E-state index contributed by atoms with van der Waals surface area (Å²) in [6.07, 6.45) is 4.89. The van der Waals surface area contributed by atoms with Crippen LogP contribution in [0, 0.1) is 0 Å². The zero-order chi connectivity index (χ0) is 10.7. The fourth-order valence-electron chi connectivity index (χ4n) is 1.67. The summed E-state index contributed by atoms with van der Waals surface area (Å²) in [5.74, 6) is 1.82. The molecule has 0 spiro atoms. The van der Waals surface area contributed by atoms with Crippen molar-refractivity contribution in [1.82, 2.24) is 14.5 Å². The number of aromatic nitrogens is 3. The number of nitrogens with zero attached hydrogens (tertiary/aromatic N) is 3. The Morgan fingerprint density at radius 2 is 2.27 bits per heavy atom. The Morgan fingerprint density at radius 1 is 1.40 bits per heavy atom.